The smallest absolute Gasteiger partial charge is 0.293 e. The Morgan fingerprint density at radius 2 is 1.93 bits per heavy atom. The van der Waals surface area contributed by atoms with E-state index in [9.17, 15) is 4.79 Å². The standard InChI is InChI=1S/C21H18N2O4S/c1-25-11-15-13-7-3-6-10-18(13)27-19(15)20(24)23-21-22-16(12-28-21)14-8-4-5-9-17(14)26-2/h3-10,12H,11H2,1-2H3,(H,22,23,24). The molecule has 0 atom stereocenters. The van der Waals surface area contributed by atoms with Crippen LogP contribution in [0.3, 0.4) is 0 Å². The zero-order chi connectivity index (χ0) is 19.5. The third-order valence-corrected chi connectivity index (χ3v) is 5.06. The van der Waals surface area contributed by atoms with Gasteiger partial charge in [-0.1, -0.05) is 30.3 Å². The summed E-state index contributed by atoms with van der Waals surface area (Å²) in [7, 11) is 3.20. The van der Waals surface area contributed by atoms with E-state index >= 15 is 0 Å². The maximum atomic E-state index is 12.8. The van der Waals surface area contributed by atoms with Gasteiger partial charge in [0.2, 0.25) is 0 Å². The topological polar surface area (TPSA) is 73.6 Å². The number of nitrogens with one attached hydrogen (secondary N) is 1. The van der Waals surface area contributed by atoms with Crippen LogP contribution in [0, 0.1) is 0 Å². The van der Waals surface area contributed by atoms with Crippen molar-refractivity contribution >= 4 is 33.3 Å². The zero-order valence-corrected chi connectivity index (χ0v) is 16.2. The second-order valence-electron chi connectivity index (χ2n) is 6.03. The number of hydrogen-bond donors (Lipinski definition) is 1. The third kappa shape index (κ3) is 3.37. The van der Waals surface area contributed by atoms with Gasteiger partial charge < -0.3 is 13.9 Å². The van der Waals surface area contributed by atoms with Crippen LogP contribution in [0.4, 0.5) is 5.13 Å². The minimum Gasteiger partial charge on any atom is -0.496 e. The van der Waals surface area contributed by atoms with Crippen LogP contribution in [0.1, 0.15) is 16.1 Å². The number of ether oxygens (including phenoxy) is 2. The van der Waals surface area contributed by atoms with E-state index in [1.165, 1.54) is 11.3 Å². The second kappa shape index (κ2) is 7.84. The van der Waals surface area contributed by atoms with Crippen LogP contribution in [-0.4, -0.2) is 25.1 Å². The summed E-state index contributed by atoms with van der Waals surface area (Å²) < 4.78 is 16.4. The van der Waals surface area contributed by atoms with Gasteiger partial charge in [0, 0.05) is 29.0 Å². The van der Waals surface area contributed by atoms with Crippen molar-refractivity contribution in [3.63, 3.8) is 0 Å². The predicted octanol–water partition coefficient (Wildman–Crippen LogP) is 4.96. The number of carbonyl (C=O) groups excluding carboxylic acids is 1. The molecule has 4 aromatic rings. The average Bonchev–Trinajstić information content (AvgIpc) is 3.33. The number of amides is 1. The van der Waals surface area contributed by atoms with Gasteiger partial charge in [-0.15, -0.1) is 11.3 Å². The monoisotopic (exact) mass is 394 g/mol. The van der Waals surface area contributed by atoms with Gasteiger partial charge in [0.15, 0.2) is 10.9 Å². The van der Waals surface area contributed by atoms with Crippen LogP contribution >= 0.6 is 11.3 Å². The molecule has 2 aromatic carbocycles. The van der Waals surface area contributed by atoms with Crippen LogP contribution in [-0.2, 0) is 11.3 Å². The van der Waals surface area contributed by atoms with Gasteiger partial charge in [0.1, 0.15) is 11.3 Å². The van der Waals surface area contributed by atoms with Gasteiger partial charge in [-0.2, -0.15) is 0 Å². The molecule has 0 unspecified atom stereocenters. The maximum absolute atomic E-state index is 12.8. The number of anilines is 1. The van der Waals surface area contributed by atoms with Crippen molar-refractivity contribution in [1.29, 1.82) is 0 Å². The Labute approximate surface area is 165 Å². The first-order chi connectivity index (χ1) is 13.7. The number of rotatable bonds is 6. The van der Waals surface area contributed by atoms with Gasteiger partial charge in [0.25, 0.3) is 5.91 Å². The molecule has 4 rings (SSSR count). The van der Waals surface area contributed by atoms with E-state index in [2.05, 4.69) is 10.3 Å². The van der Waals surface area contributed by atoms with Gasteiger partial charge in [-0.25, -0.2) is 4.98 Å². The minimum atomic E-state index is -0.357. The van der Waals surface area contributed by atoms with E-state index in [1.54, 1.807) is 14.2 Å². The molecule has 0 radical (unpaired) electrons. The number of benzene rings is 2. The first-order valence-electron chi connectivity index (χ1n) is 8.61. The summed E-state index contributed by atoms with van der Waals surface area (Å²) in [5.74, 6) is 0.603. The summed E-state index contributed by atoms with van der Waals surface area (Å²) in [6.45, 7) is 0.282. The van der Waals surface area contributed by atoms with Crippen LogP contribution in [0.15, 0.2) is 58.3 Å². The molecule has 0 aliphatic carbocycles. The van der Waals surface area contributed by atoms with Crippen LogP contribution in [0.5, 0.6) is 5.75 Å². The fraction of sp³-hybridized carbons (Fsp3) is 0.143. The van der Waals surface area contributed by atoms with Crippen molar-refractivity contribution in [1.82, 2.24) is 4.98 Å². The molecule has 0 aliphatic heterocycles. The number of methoxy groups -OCH3 is 2. The van der Waals surface area contributed by atoms with Gasteiger partial charge in [-0.3, -0.25) is 10.1 Å². The number of thiazole rings is 1. The van der Waals surface area contributed by atoms with E-state index in [1.807, 2.05) is 53.9 Å². The van der Waals surface area contributed by atoms with E-state index < -0.39 is 0 Å². The first-order valence-corrected chi connectivity index (χ1v) is 9.49. The number of nitrogens with zero attached hydrogens (tertiary/aromatic N) is 1. The van der Waals surface area contributed by atoms with Crippen molar-refractivity contribution in [3.05, 3.63) is 65.2 Å². The Kier molecular flexibility index (Phi) is 5.10. The molecule has 0 spiro atoms. The molecule has 1 amide bonds. The number of fused-ring (bicyclic) bond motifs is 1. The molecular formula is C21H18N2O4S. The van der Waals surface area contributed by atoms with E-state index in [-0.39, 0.29) is 18.3 Å². The fourth-order valence-corrected chi connectivity index (χ4v) is 3.74. The third-order valence-electron chi connectivity index (χ3n) is 4.30. The molecule has 1 N–H and O–H groups in total. The van der Waals surface area contributed by atoms with Crippen molar-refractivity contribution in [2.45, 2.75) is 6.61 Å². The highest BCUT2D eigenvalue weighted by Gasteiger charge is 2.21. The first kappa shape index (κ1) is 18.2. The van der Waals surface area contributed by atoms with Crippen molar-refractivity contribution in [3.8, 4) is 17.0 Å². The minimum absolute atomic E-state index is 0.233. The lowest BCUT2D eigenvalue weighted by molar-refractivity contribution is 0.0992. The van der Waals surface area contributed by atoms with E-state index in [4.69, 9.17) is 13.9 Å². The van der Waals surface area contributed by atoms with Crippen LogP contribution in [0.2, 0.25) is 0 Å². The Morgan fingerprint density at radius 1 is 1.14 bits per heavy atom. The van der Waals surface area contributed by atoms with Gasteiger partial charge in [0.05, 0.1) is 19.4 Å². The lowest BCUT2D eigenvalue weighted by atomic mass is 10.1. The van der Waals surface area contributed by atoms with E-state index in [0.717, 1.165) is 28.0 Å². The Bertz CT molecular complexity index is 1130. The molecule has 7 heteroatoms. The number of hydrogen-bond acceptors (Lipinski definition) is 6. The van der Waals surface area contributed by atoms with Crippen molar-refractivity contribution in [2.75, 3.05) is 19.5 Å². The molecule has 0 aliphatic rings. The zero-order valence-electron chi connectivity index (χ0n) is 15.4. The molecule has 0 bridgehead atoms. The molecule has 142 valence electrons. The molecule has 6 nitrogen and oxygen atoms in total. The summed E-state index contributed by atoms with van der Waals surface area (Å²) >= 11 is 1.34. The Balaban J connectivity index is 1.62. The summed E-state index contributed by atoms with van der Waals surface area (Å²) in [4.78, 5) is 17.3. The van der Waals surface area contributed by atoms with Crippen LogP contribution in [0.25, 0.3) is 22.2 Å². The SMILES string of the molecule is COCc1c(C(=O)Nc2nc(-c3ccccc3OC)cs2)oc2ccccc12. The summed E-state index contributed by atoms with van der Waals surface area (Å²) in [6, 6.07) is 15.1. The predicted molar refractivity (Wildman–Crippen MR) is 109 cm³/mol. The molecule has 0 saturated carbocycles. The van der Waals surface area contributed by atoms with E-state index in [0.29, 0.717) is 10.7 Å². The normalized spacial score (nSPS) is 10.9. The highest BCUT2D eigenvalue weighted by atomic mass is 32.1. The average molecular weight is 394 g/mol. The Morgan fingerprint density at radius 3 is 2.75 bits per heavy atom. The lowest BCUT2D eigenvalue weighted by Crippen LogP contribution is -2.13. The number of para-hydroxylation sites is 2. The molecule has 28 heavy (non-hydrogen) atoms. The largest absolute Gasteiger partial charge is 0.496 e. The van der Waals surface area contributed by atoms with Crippen LogP contribution < -0.4 is 10.1 Å². The quantitative estimate of drug-likeness (QED) is 0.500. The maximum Gasteiger partial charge on any atom is 0.293 e. The molecular weight excluding hydrogens is 376 g/mol. The number of aromatic nitrogens is 1. The highest BCUT2D eigenvalue weighted by Crippen LogP contribution is 2.32. The van der Waals surface area contributed by atoms with Crippen molar-refractivity contribution < 1.29 is 18.7 Å². The molecule has 2 aromatic heterocycles. The van der Waals surface area contributed by atoms with Gasteiger partial charge >= 0.3 is 0 Å². The molecule has 0 fully saturated rings. The van der Waals surface area contributed by atoms with Crippen molar-refractivity contribution in [2.24, 2.45) is 0 Å². The second-order valence-corrected chi connectivity index (χ2v) is 6.89. The summed E-state index contributed by atoms with van der Waals surface area (Å²) in [5, 5.41) is 6.05. The number of furan rings is 1. The highest BCUT2D eigenvalue weighted by molar-refractivity contribution is 7.14. The Hall–Kier alpha value is -3.16. The molecule has 0 saturated heterocycles. The summed E-state index contributed by atoms with van der Waals surface area (Å²) in [5.41, 5.74) is 2.97. The molecule has 2 heterocycles. The summed E-state index contributed by atoms with van der Waals surface area (Å²) in [6.07, 6.45) is 0. The fourth-order valence-electron chi connectivity index (χ4n) is 3.03. The van der Waals surface area contributed by atoms with Gasteiger partial charge in [-0.05, 0) is 18.2 Å². The lowest BCUT2D eigenvalue weighted by Gasteiger charge is -2.05. The number of carbonyl (C=O) groups is 1.